The predicted octanol–water partition coefficient (Wildman–Crippen LogP) is 0.821. The standard InChI is InChI=1S/C7H3Cl2N3O3/c8-3-1-10-2-4(9)5(3)12-7(14)15-6(13)11-12/h1-2H,(H,11,13). The minimum Gasteiger partial charge on any atom is -0.356 e. The van der Waals surface area contributed by atoms with Gasteiger partial charge in [0.1, 0.15) is 5.69 Å². The maximum Gasteiger partial charge on any atom is 0.442 e. The molecule has 0 atom stereocenters. The summed E-state index contributed by atoms with van der Waals surface area (Å²) in [5.74, 6) is -1.78. The van der Waals surface area contributed by atoms with Crippen LogP contribution in [-0.4, -0.2) is 14.8 Å². The lowest BCUT2D eigenvalue weighted by molar-refractivity contribution is 0.471. The molecule has 0 spiro atoms. The number of hydrogen-bond donors (Lipinski definition) is 1. The molecule has 0 aliphatic rings. The molecule has 8 heteroatoms. The van der Waals surface area contributed by atoms with E-state index >= 15 is 0 Å². The second-order valence-corrected chi connectivity index (χ2v) is 3.37. The van der Waals surface area contributed by atoms with Gasteiger partial charge in [-0.15, -0.1) is 0 Å². The molecule has 15 heavy (non-hydrogen) atoms. The Morgan fingerprint density at radius 1 is 1.27 bits per heavy atom. The van der Waals surface area contributed by atoms with E-state index in [9.17, 15) is 9.59 Å². The number of nitrogens with zero attached hydrogens (tertiary/aromatic N) is 2. The first kappa shape index (κ1) is 10.0. The van der Waals surface area contributed by atoms with Crippen molar-refractivity contribution in [3.63, 3.8) is 0 Å². The Morgan fingerprint density at radius 3 is 2.33 bits per heavy atom. The third kappa shape index (κ3) is 1.69. The Labute approximate surface area is 92.0 Å². The molecule has 0 aliphatic carbocycles. The van der Waals surface area contributed by atoms with E-state index in [0.717, 1.165) is 4.68 Å². The van der Waals surface area contributed by atoms with Gasteiger partial charge in [0, 0.05) is 12.4 Å². The second kappa shape index (κ2) is 3.56. The first-order valence-corrected chi connectivity index (χ1v) is 4.46. The van der Waals surface area contributed by atoms with Gasteiger partial charge in [-0.1, -0.05) is 23.2 Å². The first-order chi connectivity index (χ1) is 7.09. The minimum absolute atomic E-state index is 0.127. The van der Waals surface area contributed by atoms with Crippen LogP contribution in [0.3, 0.4) is 0 Å². The van der Waals surface area contributed by atoms with Gasteiger partial charge >= 0.3 is 11.5 Å². The van der Waals surface area contributed by atoms with Gasteiger partial charge in [-0.25, -0.2) is 14.7 Å². The van der Waals surface area contributed by atoms with Crippen LogP contribution in [0, 0.1) is 0 Å². The minimum atomic E-state index is -0.894. The molecule has 2 rings (SSSR count). The monoisotopic (exact) mass is 247 g/mol. The topological polar surface area (TPSA) is 80.9 Å². The zero-order valence-electron chi connectivity index (χ0n) is 7.03. The molecule has 0 amide bonds. The summed E-state index contributed by atoms with van der Waals surface area (Å²) in [4.78, 5) is 25.6. The van der Waals surface area contributed by atoms with Crippen molar-refractivity contribution >= 4 is 23.2 Å². The third-order valence-electron chi connectivity index (χ3n) is 1.62. The lowest BCUT2D eigenvalue weighted by Gasteiger charge is -2.03. The van der Waals surface area contributed by atoms with Crippen LogP contribution < -0.4 is 11.5 Å². The van der Waals surface area contributed by atoms with Gasteiger partial charge in [-0.3, -0.25) is 4.98 Å². The van der Waals surface area contributed by atoms with Crippen LogP contribution in [0.25, 0.3) is 5.69 Å². The molecule has 6 nitrogen and oxygen atoms in total. The van der Waals surface area contributed by atoms with Gasteiger partial charge in [0.05, 0.1) is 10.0 Å². The fourth-order valence-electron chi connectivity index (χ4n) is 1.05. The van der Waals surface area contributed by atoms with E-state index in [1.54, 1.807) is 0 Å². The van der Waals surface area contributed by atoms with Crippen molar-refractivity contribution in [3.05, 3.63) is 43.5 Å². The molecular weight excluding hydrogens is 245 g/mol. The van der Waals surface area contributed by atoms with Gasteiger partial charge in [-0.2, -0.15) is 4.68 Å². The smallest absolute Gasteiger partial charge is 0.356 e. The molecule has 0 bridgehead atoms. The van der Waals surface area contributed by atoms with E-state index in [1.165, 1.54) is 12.4 Å². The van der Waals surface area contributed by atoms with Gasteiger partial charge in [0.25, 0.3) is 0 Å². The average molecular weight is 248 g/mol. The van der Waals surface area contributed by atoms with Crippen molar-refractivity contribution in [1.82, 2.24) is 14.8 Å². The summed E-state index contributed by atoms with van der Waals surface area (Å²) >= 11 is 11.5. The highest BCUT2D eigenvalue weighted by Crippen LogP contribution is 2.24. The Hall–Kier alpha value is -1.53. The van der Waals surface area contributed by atoms with Crippen LogP contribution in [0.4, 0.5) is 0 Å². The van der Waals surface area contributed by atoms with Crippen molar-refractivity contribution in [2.45, 2.75) is 0 Å². The summed E-state index contributed by atoms with van der Waals surface area (Å²) in [6.45, 7) is 0. The fourth-order valence-corrected chi connectivity index (χ4v) is 1.58. The van der Waals surface area contributed by atoms with Crippen LogP contribution in [0.5, 0.6) is 0 Å². The van der Waals surface area contributed by atoms with Crippen molar-refractivity contribution in [2.24, 2.45) is 0 Å². The highest BCUT2D eigenvalue weighted by molar-refractivity contribution is 6.37. The van der Waals surface area contributed by atoms with Crippen LogP contribution in [-0.2, 0) is 0 Å². The molecule has 0 fully saturated rings. The summed E-state index contributed by atoms with van der Waals surface area (Å²) in [5.41, 5.74) is 0.129. The molecule has 2 aromatic rings. The van der Waals surface area contributed by atoms with E-state index in [4.69, 9.17) is 23.2 Å². The molecule has 2 heterocycles. The Kier molecular flexibility index (Phi) is 2.37. The summed E-state index contributed by atoms with van der Waals surface area (Å²) in [5, 5.41) is 2.38. The SMILES string of the molecule is O=c1[nH]n(-c2c(Cl)cncc2Cl)c(=O)o1. The second-order valence-electron chi connectivity index (χ2n) is 2.55. The molecule has 1 N–H and O–H groups in total. The maximum absolute atomic E-state index is 11.2. The molecule has 78 valence electrons. The van der Waals surface area contributed by atoms with Gasteiger partial charge < -0.3 is 4.42 Å². The molecule has 0 radical (unpaired) electrons. The number of halogens is 2. The molecule has 2 aromatic heterocycles. The van der Waals surface area contributed by atoms with Crippen LogP contribution in [0.1, 0.15) is 0 Å². The van der Waals surface area contributed by atoms with E-state index in [0.29, 0.717) is 0 Å². The summed E-state index contributed by atoms with van der Waals surface area (Å²) in [7, 11) is 0. The Bertz CT molecular complexity index is 592. The van der Waals surface area contributed by atoms with Gasteiger partial charge in [0.2, 0.25) is 0 Å². The number of aromatic nitrogens is 3. The Balaban J connectivity index is 2.80. The van der Waals surface area contributed by atoms with Crippen LogP contribution in [0.15, 0.2) is 26.4 Å². The molecular formula is C7H3Cl2N3O3. The number of aromatic amines is 1. The van der Waals surface area contributed by atoms with Crippen molar-refractivity contribution in [1.29, 1.82) is 0 Å². The van der Waals surface area contributed by atoms with E-state index in [2.05, 4.69) is 14.5 Å². The maximum atomic E-state index is 11.2. The fraction of sp³-hybridized carbons (Fsp3) is 0. The normalized spacial score (nSPS) is 10.5. The average Bonchev–Trinajstić information content (AvgIpc) is 2.45. The lowest BCUT2D eigenvalue weighted by atomic mass is 10.4. The summed E-state index contributed by atoms with van der Waals surface area (Å²) in [6.07, 6.45) is 2.58. The number of hydrogen-bond acceptors (Lipinski definition) is 4. The zero-order chi connectivity index (χ0) is 11.0. The molecule has 0 unspecified atom stereocenters. The largest absolute Gasteiger partial charge is 0.442 e. The van der Waals surface area contributed by atoms with Gasteiger partial charge in [-0.05, 0) is 0 Å². The number of rotatable bonds is 1. The number of pyridine rings is 1. The van der Waals surface area contributed by atoms with Crippen LogP contribution in [0.2, 0.25) is 10.0 Å². The summed E-state index contributed by atoms with van der Waals surface area (Å²) in [6, 6.07) is 0. The molecule has 0 saturated heterocycles. The van der Waals surface area contributed by atoms with E-state index < -0.39 is 11.5 Å². The van der Waals surface area contributed by atoms with Crippen molar-refractivity contribution in [2.75, 3.05) is 0 Å². The predicted molar refractivity (Wildman–Crippen MR) is 52.7 cm³/mol. The van der Waals surface area contributed by atoms with Crippen molar-refractivity contribution < 1.29 is 4.42 Å². The number of nitrogens with one attached hydrogen (secondary N) is 1. The van der Waals surface area contributed by atoms with Crippen molar-refractivity contribution in [3.8, 4) is 5.69 Å². The zero-order valence-corrected chi connectivity index (χ0v) is 8.54. The van der Waals surface area contributed by atoms with E-state index in [1.807, 2.05) is 0 Å². The highest BCUT2D eigenvalue weighted by atomic mass is 35.5. The summed E-state index contributed by atoms with van der Waals surface area (Å²) < 4.78 is 5.05. The molecule has 0 aliphatic heterocycles. The Morgan fingerprint density at radius 2 is 1.87 bits per heavy atom. The van der Waals surface area contributed by atoms with Gasteiger partial charge in [0.15, 0.2) is 0 Å². The number of H-pyrrole nitrogens is 1. The first-order valence-electron chi connectivity index (χ1n) is 3.71. The quantitative estimate of drug-likeness (QED) is 0.809. The molecule has 0 saturated carbocycles. The van der Waals surface area contributed by atoms with E-state index in [-0.39, 0.29) is 15.7 Å². The molecule has 0 aromatic carbocycles. The lowest BCUT2D eigenvalue weighted by Crippen LogP contribution is -2.14. The van der Waals surface area contributed by atoms with Crippen LogP contribution >= 0.6 is 23.2 Å². The highest BCUT2D eigenvalue weighted by Gasteiger charge is 2.13. The third-order valence-corrected chi connectivity index (χ3v) is 2.17.